The third kappa shape index (κ3) is 5.14. The van der Waals surface area contributed by atoms with E-state index in [9.17, 15) is 4.79 Å². The Hall–Kier alpha value is -3.95. The Morgan fingerprint density at radius 2 is 1.68 bits per heavy atom. The molecular weight excluding hydrogens is 510 g/mol. The molecule has 1 amide bonds. The topological polar surface area (TPSA) is 112 Å². The number of piperazine rings is 1. The lowest BCUT2D eigenvalue weighted by molar-refractivity contribution is -0.137. The fourth-order valence-electron chi connectivity index (χ4n) is 6.04. The molecule has 0 spiro atoms. The molecule has 3 aromatic rings. The molecule has 1 saturated carbocycles. The number of methoxy groups -OCH3 is 3. The summed E-state index contributed by atoms with van der Waals surface area (Å²) in [5, 5.41) is 0.713. The van der Waals surface area contributed by atoms with Crippen LogP contribution in [0.1, 0.15) is 51.0 Å². The van der Waals surface area contributed by atoms with Crippen molar-refractivity contribution in [2.45, 2.75) is 57.5 Å². The molecule has 10 heteroatoms. The molecule has 1 saturated heterocycles. The fraction of sp³-hybridized carbons (Fsp3) is 0.500. The number of benzene rings is 2. The molecular formula is C30H39N5O5. The molecule has 1 aliphatic heterocycles. The summed E-state index contributed by atoms with van der Waals surface area (Å²) >= 11 is 0. The summed E-state index contributed by atoms with van der Waals surface area (Å²) in [5.41, 5.74) is 8.12. The summed E-state index contributed by atoms with van der Waals surface area (Å²) in [7, 11) is 4.80. The smallest absolute Gasteiger partial charge is 0.260 e. The van der Waals surface area contributed by atoms with Gasteiger partial charge in [0.2, 0.25) is 5.95 Å². The summed E-state index contributed by atoms with van der Waals surface area (Å²) in [6, 6.07) is 9.61. The van der Waals surface area contributed by atoms with E-state index in [4.69, 9.17) is 34.6 Å². The van der Waals surface area contributed by atoms with E-state index >= 15 is 0 Å². The summed E-state index contributed by atoms with van der Waals surface area (Å²) in [6.07, 6.45) is 4.03. The molecule has 40 heavy (non-hydrogen) atoms. The van der Waals surface area contributed by atoms with Gasteiger partial charge in [0.25, 0.3) is 5.91 Å². The number of nitrogens with zero attached hydrogens (tertiary/aromatic N) is 4. The third-order valence-electron chi connectivity index (χ3n) is 8.06. The van der Waals surface area contributed by atoms with E-state index < -0.39 is 0 Å². The molecule has 2 fully saturated rings. The maximum absolute atomic E-state index is 13.6. The van der Waals surface area contributed by atoms with Crippen molar-refractivity contribution in [1.29, 1.82) is 0 Å². The lowest BCUT2D eigenvalue weighted by atomic mass is 9.86. The minimum Gasteiger partial charge on any atom is -0.493 e. The van der Waals surface area contributed by atoms with Crippen LogP contribution in [0, 0.1) is 0 Å². The van der Waals surface area contributed by atoms with E-state index in [-0.39, 0.29) is 30.5 Å². The number of anilines is 2. The molecule has 10 nitrogen and oxygen atoms in total. The van der Waals surface area contributed by atoms with E-state index in [2.05, 4.69) is 18.7 Å². The number of carbonyl (C=O) groups is 1. The van der Waals surface area contributed by atoms with Crippen LogP contribution in [0.25, 0.3) is 10.9 Å². The van der Waals surface area contributed by atoms with Crippen LogP contribution in [0.15, 0.2) is 30.3 Å². The second kappa shape index (κ2) is 11.7. The average Bonchev–Trinajstić information content (AvgIpc) is 2.98. The Morgan fingerprint density at radius 1 is 0.975 bits per heavy atom. The monoisotopic (exact) mass is 549 g/mol. The summed E-state index contributed by atoms with van der Waals surface area (Å²) in [4.78, 5) is 27.4. The zero-order chi connectivity index (χ0) is 28.4. The molecule has 1 aromatic heterocycles. The number of amides is 1. The highest BCUT2D eigenvalue weighted by Gasteiger charge is 2.41. The Balaban J connectivity index is 1.38. The van der Waals surface area contributed by atoms with E-state index in [0.29, 0.717) is 58.8 Å². The molecule has 2 aromatic carbocycles. The second-order valence-corrected chi connectivity index (χ2v) is 10.7. The molecule has 1 aliphatic carbocycles. The van der Waals surface area contributed by atoms with Crippen molar-refractivity contribution < 1.29 is 23.7 Å². The minimum absolute atomic E-state index is 0.0204. The van der Waals surface area contributed by atoms with Gasteiger partial charge in [-0.2, -0.15) is 4.98 Å². The van der Waals surface area contributed by atoms with Gasteiger partial charge in [-0.1, -0.05) is 38.8 Å². The number of para-hydroxylation sites is 1. The van der Waals surface area contributed by atoms with Crippen molar-refractivity contribution in [3.63, 3.8) is 0 Å². The fourth-order valence-corrected chi connectivity index (χ4v) is 6.04. The number of nitrogen functional groups attached to an aromatic ring is 1. The van der Waals surface area contributed by atoms with Crippen LogP contribution in [0.4, 0.5) is 11.8 Å². The summed E-state index contributed by atoms with van der Waals surface area (Å²) in [6.45, 7) is 5.33. The van der Waals surface area contributed by atoms with Gasteiger partial charge in [-0.3, -0.25) is 4.79 Å². The van der Waals surface area contributed by atoms with E-state index in [1.54, 1.807) is 27.4 Å². The molecule has 0 bridgehead atoms. The number of ether oxygens (including phenoxy) is 4. The van der Waals surface area contributed by atoms with Crippen molar-refractivity contribution in [3.05, 3.63) is 35.9 Å². The Kier molecular flexibility index (Phi) is 8.04. The zero-order valence-corrected chi connectivity index (χ0v) is 24.0. The lowest BCUT2D eigenvalue weighted by Crippen LogP contribution is -2.63. The first-order chi connectivity index (χ1) is 19.4. The predicted octanol–water partition coefficient (Wildman–Crippen LogP) is 4.40. The Labute approximate surface area is 235 Å². The molecule has 5 rings (SSSR count). The van der Waals surface area contributed by atoms with Gasteiger partial charge in [0.15, 0.2) is 29.6 Å². The van der Waals surface area contributed by atoms with Gasteiger partial charge in [-0.25, -0.2) is 4.98 Å². The third-order valence-corrected chi connectivity index (χ3v) is 8.06. The van der Waals surface area contributed by atoms with Crippen LogP contribution in [-0.4, -0.2) is 73.9 Å². The highest BCUT2D eigenvalue weighted by molar-refractivity contribution is 5.91. The summed E-state index contributed by atoms with van der Waals surface area (Å²) in [5.74, 6) is 3.62. The Bertz CT molecular complexity index is 1380. The maximum Gasteiger partial charge on any atom is 0.260 e. The molecule has 0 unspecified atom stereocenters. The molecule has 2 N–H and O–H groups in total. The Morgan fingerprint density at radius 3 is 2.38 bits per heavy atom. The number of rotatable bonds is 8. The lowest BCUT2D eigenvalue weighted by Gasteiger charge is -2.49. The van der Waals surface area contributed by atoms with Gasteiger partial charge < -0.3 is 34.5 Å². The van der Waals surface area contributed by atoms with Gasteiger partial charge in [0.1, 0.15) is 5.82 Å². The first-order valence-corrected chi connectivity index (χ1v) is 13.9. The quantitative estimate of drug-likeness (QED) is 0.437. The molecule has 2 aliphatic rings. The van der Waals surface area contributed by atoms with Crippen molar-refractivity contribution in [1.82, 2.24) is 14.9 Å². The highest BCUT2D eigenvalue weighted by Crippen LogP contribution is 2.38. The van der Waals surface area contributed by atoms with E-state index in [1.807, 2.05) is 29.2 Å². The van der Waals surface area contributed by atoms with Gasteiger partial charge in [-0.15, -0.1) is 0 Å². The van der Waals surface area contributed by atoms with Crippen molar-refractivity contribution in [3.8, 4) is 23.0 Å². The summed E-state index contributed by atoms with van der Waals surface area (Å²) < 4.78 is 22.6. The molecule has 2 heterocycles. The van der Waals surface area contributed by atoms with Crippen LogP contribution in [0.3, 0.4) is 0 Å². The van der Waals surface area contributed by atoms with Crippen molar-refractivity contribution in [2.75, 3.05) is 51.7 Å². The van der Waals surface area contributed by atoms with Gasteiger partial charge >= 0.3 is 0 Å². The molecule has 0 radical (unpaired) electrons. The van der Waals surface area contributed by atoms with Crippen LogP contribution >= 0.6 is 0 Å². The SMILES string of the molecule is COc1cc2nc(N3CCN(C(=O)COc4c(OC)cccc4C(C)C)[C@@H]4CCCC[C@@H]43)nc(N)c2cc1OC. The number of fused-ring (bicyclic) bond motifs is 2. The normalized spacial score (nSPS) is 18.9. The largest absolute Gasteiger partial charge is 0.493 e. The van der Waals surface area contributed by atoms with Crippen LogP contribution in [-0.2, 0) is 4.79 Å². The van der Waals surface area contributed by atoms with Crippen LogP contribution in [0.2, 0.25) is 0 Å². The maximum atomic E-state index is 13.6. The number of hydrogen-bond donors (Lipinski definition) is 1. The van der Waals surface area contributed by atoms with Gasteiger partial charge in [0.05, 0.1) is 38.9 Å². The molecule has 214 valence electrons. The first-order valence-electron chi connectivity index (χ1n) is 13.9. The first kappa shape index (κ1) is 27.6. The predicted molar refractivity (Wildman–Crippen MR) is 155 cm³/mol. The zero-order valence-electron chi connectivity index (χ0n) is 24.0. The van der Waals surface area contributed by atoms with Gasteiger partial charge in [-0.05, 0) is 30.9 Å². The van der Waals surface area contributed by atoms with Crippen LogP contribution in [0.5, 0.6) is 23.0 Å². The van der Waals surface area contributed by atoms with Crippen molar-refractivity contribution in [2.24, 2.45) is 0 Å². The number of aromatic nitrogens is 2. The second-order valence-electron chi connectivity index (χ2n) is 10.7. The van der Waals surface area contributed by atoms with Gasteiger partial charge in [0, 0.05) is 30.1 Å². The molecule has 2 atom stereocenters. The number of carbonyl (C=O) groups excluding carboxylic acids is 1. The highest BCUT2D eigenvalue weighted by atomic mass is 16.5. The average molecular weight is 550 g/mol. The van der Waals surface area contributed by atoms with Crippen LogP contribution < -0.4 is 29.6 Å². The van der Waals surface area contributed by atoms with E-state index in [1.165, 1.54) is 0 Å². The minimum atomic E-state index is -0.0373. The number of nitrogens with two attached hydrogens (primary N) is 1. The van der Waals surface area contributed by atoms with Crippen molar-refractivity contribution >= 4 is 28.6 Å². The standard InChI is InChI=1S/C30H39N5O5/c1-18(2)19-9-8-12-24(37-3)28(19)40-17-27(36)34-13-14-35(23-11-7-6-10-22(23)34)30-32-21-16-26(39-5)25(38-4)15-20(21)29(31)33-30/h8-9,12,15-16,18,22-23H,6-7,10-11,13-14,17H2,1-5H3,(H2,31,32,33)/t22-,23+/m1/s1. The van der Waals surface area contributed by atoms with E-state index in [0.717, 1.165) is 31.2 Å². The number of hydrogen-bond acceptors (Lipinski definition) is 9.